The zero-order valence-corrected chi connectivity index (χ0v) is 12.3. The molecule has 0 saturated carbocycles. The van der Waals surface area contributed by atoms with Gasteiger partial charge in [-0.1, -0.05) is 0 Å². The van der Waals surface area contributed by atoms with Crippen molar-refractivity contribution in [2.24, 2.45) is 7.05 Å². The quantitative estimate of drug-likeness (QED) is 0.880. The van der Waals surface area contributed by atoms with Crippen molar-refractivity contribution in [2.45, 2.75) is 6.92 Å². The molecule has 6 heteroatoms. The van der Waals surface area contributed by atoms with E-state index >= 15 is 0 Å². The Morgan fingerprint density at radius 3 is 2.84 bits per heavy atom. The number of benzene rings is 1. The number of hydrogen-bond donors (Lipinski definition) is 1. The van der Waals surface area contributed by atoms with E-state index in [1.54, 1.807) is 16.9 Å². The lowest BCUT2D eigenvalue weighted by atomic mass is 10.1. The number of hydrogen-bond acceptors (Lipinski definition) is 3. The number of rotatable bonds is 4. The maximum atomic E-state index is 11.1. The lowest BCUT2D eigenvalue weighted by Gasteiger charge is -2.12. The first-order chi connectivity index (χ1) is 9.11. The van der Waals surface area contributed by atoms with Crippen molar-refractivity contribution in [1.29, 1.82) is 0 Å². The SMILES string of the molecule is CC(=O)Nc1ccc(OCBr)c(-c2ccnn2C)c1. The van der Waals surface area contributed by atoms with E-state index in [1.807, 2.05) is 25.2 Å². The Balaban J connectivity index is 2.47. The number of nitrogens with zero attached hydrogens (tertiary/aromatic N) is 2. The van der Waals surface area contributed by atoms with Crippen molar-refractivity contribution < 1.29 is 9.53 Å². The van der Waals surface area contributed by atoms with Crippen LogP contribution in [0.4, 0.5) is 5.69 Å². The summed E-state index contributed by atoms with van der Waals surface area (Å²) in [7, 11) is 1.86. The normalized spacial score (nSPS) is 10.3. The Bertz CT molecular complexity index is 595. The highest BCUT2D eigenvalue weighted by Crippen LogP contribution is 2.32. The smallest absolute Gasteiger partial charge is 0.221 e. The van der Waals surface area contributed by atoms with E-state index in [0.29, 0.717) is 5.52 Å². The number of ether oxygens (including phenoxy) is 1. The lowest BCUT2D eigenvalue weighted by molar-refractivity contribution is -0.114. The molecule has 1 aromatic heterocycles. The monoisotopic (exact) mass is 323 g/mol. The number of halogens is 1. The van der Waals surface area contributed by atoms with Gasteiger partial charge in [-0.2, -0.15) is 5.10 Å². The largest absolute Gasteiger partial charge is 0.482 e. The summed E-state index contributed by atoms with van der Waals surface area (Å²) in [5.41, 5.74) is 2.93. The summed E-state index contributed by atoms with van der Waals surface area (Å²) < 4.78 is 7.30. The molecule has 5 nitrogen and oxygen atoms in total. The molecule has 100 valence electrons. The summed E-state index contributed by atoms with van der Waals surface area (Å²) >= 11 is 3.25. The van der Waals surface area contributed by atoms with E-state index in [-0.39, 0.29) is 5.91 Å². The summed E-state index contributed by atoms with van der Waals surface area (Å²) in [5, 5.41) is 6.91. The fourth-order valence-corrected chi connectivity index (χ4v) is 2.08. The minimum absolute atomic E-state index is 0.106. The summed E-state index contributed by atoms with van der Waals surface area (Å²) in [6.45, 7) is 1.48. The van der Waals surface area contributed by atoms with Crippen LogP contribution in [0.1, 0.15) is 6.92 Å². The maximum Gasteiger partial charge on any atom is 0.221 e. The summed E-state index contributed by atoms with van der Waals surface area (Å²) in [6.07, 6.45) is 1.72. The zero-order valence-electron chi connectivity index (χ0n) is 10.7. The van der Waals surface area contributed by atoms with E-state index in [4.69, 9.17) is 4.74 Å². The van der Waals surface area contributed by atoms with Crippen molar-refractivity contribution in [3.63, 3.8) is 0 Å². The molecule has 0 fully saturated rings. The first-order valence-electron chi connectivity index (χ1n) is 5.70. The van der Waals surface area contributed by atoms with E-state index in [9.17, 15) is 4.79 Å². The van der Waals surface area contributed by atoms with Crippen LogP contribution < -0.4 is 10.1 Å². The average molecular weight is 324 g/mol. The fraction of sp³-hybridized carbons (Fsp3) is 0.231. The number of carbonyl (C=O) groups is 1. The molecule has 0 aliphatic carbocycles. The molecule has 0 spiro atoms. The van der Waals surface area contributed by atoms with Gasteiger partial charge in [0, 0.05) is 31.4 Å². The molecule has 0 radical (unpaired) electrons. The molecule has 0 unspecified atom stereocenters. The second kappa shape index (κ2) is 5.88. The van der Waals surface area contributed by atoms with Gasteiger partial charge in [0.05, 0.1) is 5.69 Å². The van der Waals surface area contributed by atoms with Crippen LogP contribution in [-0.4, -0.2) is 21.2 Å². The van der Waals surface area contributed by atoms with Gasteiger partial charge in [-0.15, -0.1) is 0 Å². The minimum Gasteiger partial charge on any atom is -0.482 e. The van der Waals surface area contributed by atoms with Crippen molar-refractivity contribution in [3.05, 3.63) is 30.5 Å². The molecule has 2 aromatic rings. The molecule has 1 aromatic carbocycles. The highest BCUT2D eigenvalue weighted by Gasteiger charge is 2.11. The topological polar surface area (TPSA) is 56.1 Å². The van der Waals surface area contributed by atoms with Crippen molar-refractivity contribution in [1.82, 2.24) is 9.78 Å². The lowest BCUT2D eigenvalue weighted by Crippen LogP contribution is -2.06. The average Bonchev–Trinajstić information content (AvgIpc) is 2.77. The number of amides is 1. The first-order valence-corrected chi connectivity index (χ1v) is 6.82. The number of aryl methyl sites for hydroxylation is 1. The zero-order chi connectivity index (χ0) is 13.8. The van der Waals surface area contributed by atoms with E-state index in [0.717, 1.165) is 22.7 Å². The molecule has 1 heterocycles. The van der Waals surface area contributed by atoms with Crippen LogP contribution in [0, 0.1) is 0 Å². The Kier molecular flexibility index (Phi) is 4.21. The molecule has 19 heavy (non-hydrogen) atoms. The number of alkyl halides is 1. The van der Waals surface area contributed by atoms with Crippen LogP contribution in [0.15, 0.2) is 30.5 Å². The number of anilines is 1. The highest BCUT2D eigenvalue weighted by molar-refractivity contribution is 9.09. The predicted octanol–water partition coefficient (Wildman–Crippen LogP) is 2.78. The van der Waals surface area contributed by atoms with Gasteiger partial charge in [-0.3, -0.25) is 9.48 Å². The third kappa shape index (κ3) is 3.14. The van der Waals surface area contributed by atoms with Gasteiger partial charge in [0.2, 0.25) is 5.91 Å². The van der Waals surface area contributed by atoms with E-state index < -0.39 is 0 Å². The van der Waals surface area contributed by atoms with Gasteiger partial charge in [0.1, 0.15) is 11.3 Å². The third-order valence-electron chi connectivity index (χ3n) is 2.61. The number of aromatic nitrogens is 2. The Morgan fingerprint density at radius 2 is 2.26 bits per heavy atom. The van der Waals surface area contributed by atoms with Gasteiger partial charge < -0.3 is 10.1 Å². The van der Waals surface area contributed by atoms with Crippen LogP contribution in [-0.2, 0) is 11.8 Å². The third-order valence-corrected chi connectivity index (χ3v) is 2.84. The van der Waals surface area contributed by atoms with Gasteiger partial charge in [0.15, 0.2) is 0 Å². The van der Waals surface area contributed by atoms with Gasteiger partial charge >= 0.3 is 0 Å². The summed E-state index contributed by atoms with van der Waals surface area (Å²) in [6, 6.07) is 7.40. The van der Waals surface area contributed by atoms with Crippen LogP contribution >= 0.6 is 15.9 Å². The van der Waals surface area contributed by atoms with Gasteiger partial charge in [0.25, 0.3) is 0 Å². The molecule has 0 aliphatic heterocycles. The molecular formula is C13H14BrN3O2. The Labute approximate surface area is 119 Å². The second-order valence-corrected chi connectivity index (χ2v) is 4.44. The van der Waals surface area contributed by atoms with Crippen LogP contribution in [0.2, 0.25) is 0 Å². The molecule has 0 aliphatic rings. The van der Waals surface area contributed by atoms with Gasteiger partial charge in [-0.05, 0) is 40.2 Å². The van der Waals surface area contributed by atoms with Gasteiger partial charge in [-0.25, -0.2) is 0 Å². The number of nitrogens with one attached hydrogen (secondary N) is 1. The molecule has 0 bridgehead atoms. The van der Waals surface area contributed by atoms with E-state index in [1.165, 1.54) is 6.92 Å². The first kappa shape index (κ1) is 13.6. The summed E-state index contributed by atoms with van der Waals surface area (Å²) in [5.74, 6) is 0.625. The standard InChI is InChI=1S/C13H14BrN3O2/c1-9(18)16-10-3-4-13(19-8-14)11(7-10)12-5-6-15-17(12)2/h3-7H,8H2,1-2H3,(H,16,18). The molecular weight excluding hydrogens is 310 g/mol. The second-order valence-electron chi connectivity index (χ2n) is 3.99. The molecule has 2 rings (SSSR count). The van der Waals surface area contributed by atoms with Crippen molar-refractivity contribution in [2.75, 3.05) is 10.8 Å². The van der Waals surface area contributed by atoms with Crippen molar-refractivity contribution in [3.8, 4) is 17.0 Å². The minimum atomic E-state index is -0.106. The number of carbonyl (C=O) groups excluding carboxylic acids is 1. The molecule has 1 amide bonds. The Morgan fingerprint density at radius 1 is 1.47 bits per heavy atom. The van der Waals surface area contributed by atoms with Crippen LogP contribution in [0.25, 0.3) is 11.3 Å². The molecule has 0 saturated heterocycles. The van der Waals surface area contributed by atoms with E-state index in [2.05, 4.69) is 26.3 Å². The predicted molar refractivity (Wildman–Crippen MR) is 77.4 cm³/mol. The maximum absolute atomic E-state index is 11.1. The van der Waals surface area contributed by atoms with Crippen molar-refractivity contribution >= 4 is 27.5 Å². The van der Waals surface area contributed by atoms with Crippen LogP contribution in [0.3, 0.4) is 0 Å². The Hall–Kier alpha value is -1.82. The molecule has 0 atom stereocenters. The molecule has 1 N–H and O–H groups in total. The highest BCUT2D eigenvalue weighted by atomic mass is 79.9. The fourth-order valence-electron chi connectivity index (χ4n) is 1.83. The van der Waals surface area contributed by atoms with Crippen LogP contribution in [0.5, 0.6) is 5.75 Å². The summed E-state index contributed by atoms with van der Waals surface area (Å²) in [4.78, 5) is 11.1.